The SMILES string of the molecule is CN1CC2CC=C(c3ccc(F)cc3)NN2C1=O. The minimum atomic E-state index is -0.259. The van der Waals surface area contributed by atoms with Crippen LogP contribution in [0.15, 0.2) is 30.3 Å². The Labute approximate surface area is 105 Å². The highest BCUT2D eigenvalue weighted by Gasteiger charge is 2.37. The summed E-state index contributed by atoms with van der Waals surface area (Å²) in [5.74, 6) is -0.259. The van der Waals surface area contributed by atoms with Crippen LogP contribution in [0.4, 0.5) is 9.18 Å². The number of amides is 2. The average Bonchev–Trinajstić information content (AvgIpc) is 2.66. The molecule has 2 aliphatic heterocycles. The lowest BCUT2D eigenvalue weighted by Crippen LogP contribution is -2.46. The van der Waals surface area contributed by atoms with E-state index < -0.39 is 0 Å². The zero-order chi connectivity index (χ0) is 12.7. The van der Waals surface area contributed by atoms with Crippen molar-refractivity contribution in [1.82, 2.24) is 15.3 Å². The van der Waals surface area contributed by atoms with Crippen molar-refractivity contribution < 1.29 is 9.18 Å². The van der Waals surface area contributed by atoms with Crippen LogP contribution in [-0.2, 0) is 0 Å². The number of rotatable bonds is 1. The van der Waals surface area contributed by atoms with Crippen LogP contribution in [0.5, 0.6) is 0 Å². The molecule has 2 aliphatic rings. The first-order chi connectivity index (χ1) is 8.65. The molecule has 1 saturated heterocycles. The fourth-order valence-corrected chi connectivity index (χ4v) is 2.38. The number of halogens is 1. The molecule has 2 amide bonds. The van der Waals surface area contributed by atoms with E-state index in [2.05, 4.69) is 11.5 Å². The number of hydrazine groups is 1. The van der Waals surface area contributed by atoms with Crippen LogP contribution in [-0.4, -0.2) is 35.6 Å². The van der Waals surface area contributed by atoms with E-state index >= 15 is 0 Å². The highest BCUT2D eigenvalue weighted by molar-refractivity contribution is 5.79. The first-order valence-corrected chi connectivity index (χ1v) is 5.92. The lowest BCUT2D eigenvalue weighted by molar-refractivity contribution is 0.175. The largest absolute Gasteiger partial charge is 0.338 e. The Morgan fingerprint density at radius 2 is 2.06 bits per heavy atom. The molecule has 2 heterocycles. The monoisotopic (exact) mass is 247 g/mol. The van der Waals surface area contributed by atoms with Crippen molar-refractivity contribution >= 4 is 11.7 Å². The normalized spacial score (nSPS) is 22.7. The van der Waals surface area contributed by atoms with Gasteiger partial charge in [-0.1, -0.05) is 6.08 Å². The summed E-state index contributed by atoms with van der Waals surface area (Å²) in [6.07, 6.45) is 2.87. The summed E-state index contributed by atoms with van der Waals surface area (Å²) >= 11 is 0. The molecule has 0 aromatic heterocycles. The predicted molar refractivity (Wildman–Crippen MR) is 65.8 cm³/mol. The number of hydrogen-bond acceptors (Lipinski definition) is 2. The van der Waals surface area contributed by atoms with E-state index in [4.69, 9.17) is 0 Å². The minimum Gasteiger partial charge on any atom is -0.324 e. The second-order valence-electron chi connectivity index (χ2n) is 4.66. The third-order valence-corrected chi connectivity index (χ3v) is 3.37. The van der Waals surface area contributed by atoms with Crippen molar-refractivity contribution in [1.29, 1.82) is 0 Å². The number of fused-ring (bicyclic) bond motifs is 1. The summed E-state index contributed by atoms with van der Waals surface area (Å²) in [6.45, 7) is 0.735. The molecule has 4 nitrogen and oxygen atoms in total. The maximum atomic E-state index is 12.9. The smallest absolute Gasteiger partial charge is 0.324 e. The zero-order valence-electron chi connectivity index (χ0n) is 10.1. The molecule has 0 radical (unpaired) electrons. The highest BCUT2D eigenvalue weighted by Crippen LogP contribution is 2.25. The van der Waals surface area contributed by atoms with Crippen molar-refractivity contribution in [2.75, 3.05) is 13.6 Å². The molecule has 1 aromatic carbocycles. The van der Waals surface area contributed by atoms with Gasteiger partial charge in [-0.05, 0) is 36.2 Å². The van der Waals surface area contributed by atoms with E-state index in [0.29, 0.717) is 0 Å². The Kier molecular flexibility index (Phi) is 2.47. The number of benzene rings is 1. The van der Waals surface area contributed by atoms with Crippen LogP contribution >= 0.6 is 0 Å². The molecule has 18 heavy (non-hydrogen) atoms. The third-order valence-electron chi connectivity index (χ3n) is 3.37. The Morgan fingerprint density at radius 3 is 2.78 bits per heavy atom. The molecule has 0 aliphatic carbocycles. The molecule has 0 spiro atoms. The van der Waals surface area contributed by atoms with Gasteiger partial charge in [-0.3, -0.25) is 5.43 Å². The van der Waals surface area contributed by atoms with Crippen molar-refractivity contribution in [3.63, 3.8) is 0 Å². The summed E-state index contributed by atoms with van der Waals surface area (Å²) in [4.78, 5) is 13.6. The van der Waals surface area contributed by atoms with Gasteiger partial charge in [-0.25, -0.2) is 14.2 Å². The van der Waals surface area contributed by atoms with Gasteiger partial charge in [-0.2, -0.15) is 0 Å². The molecule has 1 N–H and O–H groups in total. The number of hydrogen-bond donors (Lipinski definition) is 1. The zero-order valence-corrected chi connectivity index (χ0v) is 10.1. The molecule has 5 heteroatoms. The van der Waals surface area contributed by atoms with Gasteiger partial charge in [0.05, 0.1) is 11.7 Å². The van der Waals surface area contributed by atoms with E-state index in [9.17, 15) is 9.18 Å². The van der Waals surface area contributed by atoms with Gasteiger partial charge in [0.15, 0.2) is 0 Å². The van der Waals surface area contributed by atoms with Gasteiger partial charge in [0, 0.05) is 13.6 Å². The molecule has 3 rings (SSSR count). The molecule has 0 bridgehead atoms. The van der Waals surface area contributed by atoms with Crippen molar-refractivity contribution in [2.45, 2.75) is 12.5 Å². The quantitative estimate of drug-likeness (QED) is 0.821. The van der Waals surface area contributed by atoms with Gasteiger partial charge in [0.2, 0.25) is 0 Å². The lowest BCUT2D eigenvalue weighted by atomic mass is 10.1. The van der Waals surface area contributed by atoms with Crippen molar-refractivity contribution in [3.05, 3.63) is 41.7 Å². The summed E-state index contributed by atoms with van der Waals surface area (Å²) in [5.41, 5.74) is 4.85. The number of likely N-dealkylation sites (N-methyl/N-ethyl adjacent to an activating group) is 1. The first-order valence-electron chi connectivity index (χ1n) is 5.92. The molecule has 1 unspecified atom stereocenters. The van der Waals surface area contributed by atoms with E-state index in [1.54, 1.807) is 29.1 Å². The lowest BCUT2D eigenvalue weighted by Gasteiger charge is -2.29. The summed E-state index contributed by atoms with van der Waals surface area (Å²) in [6, 6.07) is 6.42. The van der Waals surface area contributed by atoms with Gasteiger partial charge in [0.25, 0.3) is 0 Å². The van der Waals surface area contributed by atoms with Crippen LogP contribution < -0.4 is 5.43 Å². The maximum Gasteiger partial charge on any atom is 0.338 e. The Morgan fingerprint density at radius 1 is 1.33 bits per heavy atom. The number of carbonyl (C=O) groups excluding carboxylic acids is 1. The number of carbonyl (C=O) groups is 1. The highest BCUT2D eigenvalue weighted by atomic mass is 19.1. The van der Waals surface area contributed by atoms with E-state index in [1.807, 2.05) is 0 Å². The molecule has 1 atom stereocenters. The third kappa shape index (κ3) is 1.72. The van der Waals surface area contributed by atoms with Crippen LogP contribution in [0.3, 0.4) is 0 Å². The Balaban J connectivity index is 1.84. The van der Waals surface area contributed by atoms with Gasteiger partial charge >= 0.3 is 6.03 Å². The number of nitrogens with zero attached hydrogens (tertiary/aromatic N) is 2. The molecule has 1 aromatic rings. The number of nitrogens with one attached hydrogen (secondary N) is 1. The molecular formula is C13H14FN3O. The Hall–Kier alpha value is -2.04. The maximum absolute atomic E-state index is 12.9. The predicted octanol–water partition coefficient (Wildman–Crippen LogP) is 1.81. The second-order valence-corrected chi connectivity index (χ2v) is 4.66. The van der Waals surface area contributed by atoms with Crippen LogP contribution in [0, 0.1) is 5.82 Å². The van der Waals surface area contributed by atoms with Crippen LogP contribution in [0.25, 0.3) is 5.70 Å². The molecule has 0 saturated carbocycles. The summed E-state index contributed by atoms with van der Waals surface area (Å²) in [7, 11) is 1.79. The van der Waals surface area contributed by atoms with E-state index in [1.165, 1.54) is 12.1 Å². The van der Waals surface area contributed by atoms with Crippen LogP contribution in [0.1, 0.15) is 12.0 Å². The van der Waals surface area contributed by atoms with Gasteiger partial charge in [0.1, 0.15) is 5.82 Å². The van der Waals surface area contributed by atoms with Crippen LogP contribution in [0.2, 0.25) is 0 Å². The number of urea groups is 1. The summed E-state index contributed by atoms with van der Waals surface area (Å²) < 4.78 is 12.9. The van der Waals surface area contributed by atoms with E-state index in [-0.39, 0.29) is 17.9 Å². The van der Waals surface area contributed by atoms with E-state index in [0.717, 1.165) is 24.2 Å². The molecule has 1 fully saturated rings. The first kappa shape index (κ1) is 11.1. The van der Waals surface area contributed by atoms with Crippen molar-refractivity contribution in [2.24, 2.45) is 0 Å². The topological polar surface area (TPSA) is 35.6 Å². The average molecular weight is 247 g/mol. The second kappa shape index (κ2) is 4.01. The molecule has 94 valence electrons. The van der Waals surface area contributed by atoms with Gasteiger partial charge < -0.3 is 4.90 Å². The van der Waals surface area contributed by atoms with Crippen molar-refractivity contribution in [3.8, 4) is 0 Å². The minimum absolute atomic E-state index is 0.0206. The fourth-order valence-electron chi connectivity index (χ4n) is 2.38. The standard InChI is InChI=1S/C13H14FN3O/c1-16-8-11-6-7-12(15-17(11)13(16)18)9-2-4-10(14)5-3-9/h2-5,7,11,15H,6,8H2,1H3. The Bertz CT molecular complexity index is 511. The fraction of sp³-hybridized carbons (Fsp3) is 0.308. The molecular weight excluding hydrogens is 233 g/mol. The van der Waals surface area contributed by atoms with Gasteiger partial charge in [-0.15, -0.1) is 0 Å². The summed E-state index contributed by atoms with van der Waals surface area (Å²) in [5, 5.41) is 1.65.